The second-order valence-corrected chi connectivity index (χ2v) is 6.81. The summed E-state index contributed by atoms with van der Waals surface area (Å²) in [6, 6.07) is 6.23. The number of aliphatic hydroxyl groups excluding tert-OH is 1. The lowest BCUT2D eigenvalue weighted by molar-refractivity contribution is -0.137. The quantitative estimate of drug-likeness (QED) is 0.558. The number of halogens is 1. The van der Waals surface area contributed by atoms with Gasteiger partial charge in [0.25, 0.3) is 5.91 Å². The van der Waals surface area contributed by atoms with Gasteiger partial charge in [-0.05, 0) is 23.8 Å². The predicted octanol–water partition coefficient (Wildman–Crippen LogP) is 0.369. The maximum atomic E-state index is 12.5. The van der Waals surface area contributed by atoms with Gasteiger partial charge in [0.1, 0.15) is 12.2 Å². The van der Waals surface area contributed by atoms with Gasteiger partial charge in [-0.15, -0.1) is 0 Å². The van der Waals surface area contributed by atoms with E-state index < -0.39 is 11.9 Å². The third-order valence-electron chi connectivity index (χ3n) is 4.58. The lowest BCUT2D eigenvalue weighted by Crippen LogP contribution is -2.52. The molecule has 0 aromatic heterocycles. The van der Waals surface area contributed by atoms with Crippen LogP contribution in [0.4, 0.5) is 4.79 Å². The number of carbonyl (C=O) groups excluding carboxylic acids is 3. The van der Waals surface area contributed by atoms with E-state index in [0.29, 0.717) is 37.7 Å². The molecular formula is C18H21ClN4O4. The van der Waals surface area contributed by atoms with Crippen molar-refractivity contribution in [3.05, 3.63) is 40.5 Å². The molecular weight excluding hydrogens is 372 g/mol. The number of imide groups is 1. The first kappa shape index (κ1) is 19.3. The highest BCUT2D eigenvalue weighted by Gasteiger charge is 2.36. The largest absolute Gasteiger partial charge is 0.395 e. The molecule has 2 N–H and O–H groups in total. The van der Waals surface area contributed by atoms with Crippen molar-refractivity contribution in [2.45, 2.75) is 0 Å². The fourth-order valence-corrected chi connectivity index (χ4v) is 3.16. The molecule has 4 amide bonds. The fraction of sp³-hybridized carbons (Fsp3) is 0.389. The highest BCUT2D eigenvalue weighted by molar-refractivity contribution is 6.30. The number of aliphatic hydroxyl groups is 1. The summed E-state index contributed by atoms with van der Waals surface area (Å²) in [5, 5.41) is 12.0. The van der Waals surface area contributed by atoms with Gasteiger partial charge in [0, 0.05) is 37.7 Å². The van der Waals surface area contributed by atoms with Gasteiger partial charge in [-0.1, -0.05) is 23.7 Å². The van der Waals surface area contributed by atoms with Gasteiger partial charge in [0.15, 0.2) is 0 Å². The third-order valence-corrected chi connectivity index (χ3v) is 4.83. The Morgan fingerprint density at radius 2 is 1.81 bits per heavy atom. The van der Waals surface area contributed by atoms with Crippen molar-refractivity contribution in [3.8, 4) is 0 Å². The lowest BCUT2D eigenvalue weighted by Gasteiger charge is -2.34. The molecule has 2 aliphatic heterocycles. The van der Waals surface area contributed by atoms with Crippen molar-refractivity contribution in [3.63, 3.8) is 0 Å². The molecule has 144 valence electrons. The molecule has 0 spiro atoms. The van der Waals surface area contributed by atoms with Crippen LogP contribution in [-0.4, -0.2) is 83.5 Å². The molecule has 0 atom stereocenters. The second kappa shape index (κ2) is 8.51. The van der Waals surface area contributed by atoms with Crippen molar-refractivity contribution in [2.75, 3.05) is 45.9 Å². The Bertz CT molecular complexity index is 757. The molecule has 0 bridgehead atoms. The third kappa shape index (κ3) is 4.65. The number of benzene rings is 1. The number of β-amino-alcohol motifs (C(OH)–C–C–N with tert-alkyl or cyclic N) is 1. The summed E-state index contributed by atoms with van der Waals surface area (Å²) in [5.41, 5.74) is 0.846. The molecule has 3 rings (SSSR count). The zero-order valence-electron chi connectivity index (χ0n) is 14.7. The molecule has 9 heteroatoms. The number of rotatable bonds is 5. The summed E-state index contributed by atoms with van der Waals surface area (Å²) in [6.45, 7) is 2.71. The lowest BCUT2D eigenvalue weighted by atomic mass is 10.2. The van der Waals surface area contributed by atoms with Crippen molar-refractivity contribution in [2.24, 2.45) is 0 Å². The minimum Gasteiger partial charge on any atom is -0.395 e. The van der Waals surface area contributed by atoms with Crippen LogP contribution in [0.2, 0.25) is 5.02 Å². The van der Waals surface area contributed by atoms with Crippen LogP contribution in [0.1, 0.15) is 5.56 Å². The Kier molecular flexibility index (Phi) is 6.10. The zero-order chi connectivity index (χ0) is 19.4. The Balaban J connectivity index is 1.60. The van der Waals surface area contributed by atoms with E-state index in [2.05, 4.69) is 10.2 Å². The maximum absolute atomic E-state index is 12.5. The van der Waals surface area contributed by atoms with Crippen LogP contribution in [-0.2, 0) is 9.59 Å². The average molecular weight is 393 g/mol. The van der Waals surface area contributed by atoms with Crippen LogP contribution in [0.25, 0.3) is 6.08 Å². The van der Waals surface area contributed by atoms with Crippen molar-refractivity contribution in [1.82, 2.24) is 20.0 Å². The molecule has 1 aromatic rings. The Morgan fingerprint density at radius 3 is 2.44 bits per heavy atom. The summed E-state index contributed by atoms with van der Waals surface area (Å²) < 4.78 is 0. The minimum absolute atomic E-state index is 0.0825. The Hall–Kier alpha value is -2.42. The Morgan fingerprint density at radius 1 is 1.15 bits per heavy atom. The summed E-state index contributed by atoms with van der Waals surface area (Å²) >= 11 is 5.84. The van der Waals surface area contributed by atoms with E-state index >= 15 is 0 Å². The highest BCUT2D eigenvalue weighted by Crippen LogP contribution is 2.16. The average Bonchev–Trinajstić information content (AvgIpc) is 2.92. The molecule has 8 nitrogen and oxygen atoms in total. The molecule has 2 fully saturated rings. The highest BCUT2D eigenvalue weighted by atomic mass is 35.5. The predicted molar refractivity (Wildman–Crippen MR) is 99.8 cm³/mol. The van der Waals surface area contributed by atoms with Gasteiger partial charge in [-0.3, -0.25) is 14.5 Å². The SMILES string of the molecule is O=C(CN1C(=O)N/C(=C\c2ccc(Cl)cc2)C1=O)N1CCN(CCO)CC1. The maximum Gasteiger partial charge on any atom is 0.329 e. The molecule has 2 aliphatic rings. The number of urea groups is 1. The van der Waals surface area contributed by atoms with Gasteiger partial charge >= 0.3 is 6.03 Å². The number of piperazine rings is 1. The molecule has 0 saturated carbocycles. The van der Waals surface area contributed by atoms with Gasteiger partial charge in [-0.2, -0.15) is 0 Å². The number of hydrogen-bond donors (Lipinski definition) is 2. The number of nitrogens with one attached hydrogen (secondary N) is 1. The van der Waals surface area contributed by atoms with Crippen LogP contribution in [0.3, 0.4) is 0 Å². The van der Waals surface area contributed by atoms with E-state index in [1.54, 1.807) is 35.2 Å². The summed E-state index contributed by atoms with van der Waals surface area (Å²) in [6.07, 6.45) is 1.55. The number of amides is 4. The van der Waals surface area contributed by atoms with E-state index in [-0.39, 0.29) is 24.8 Å². The van der Waals surface area contributed by atoms with Crippen LogP contribution in [0.5, 0.6) is 0 Å². The standard InChI is InChI=1S/C18H21ClN4O4/c19-14-3-1-13(2-4-14)11-15-17(26)23(18(27)20-15)12-16(25)22-7-5-21(6-8-22)9-10-24/h1-4,11,24H,5-10,12H2,(H,20,27)/b15-11-. The first-order valence-electron chi connectivity index (χ1n) is 8.69. The van der Waals surface area contributed by atoms with E-state index in [4.69, 9.17) is 16.7 Å². The number of carbonyl (C=O) groups is 3. The van der Waals surface area contributed by atoms with Gasteiger partial charge in [-0.25, -0.2) is 9.69 Å². The molecule has 2 heterocycles. The van der Waals surface area contributed by atoms with E-state index in [0.717, 1.165) is 10.5 Å². The van der Waals surface area contributed by atoms with Gasteiger partial charge < -0.3 is 15.3 Å². The first-order chi connectivity index (χ1) is 13.0. The van der Waals surface area contributed by atoms with E-state index in [1.165, 1.54) is 0 Å². The van der Waals surface area contributed by atoms with Crippen LogP contribution in [0, 0.1) is 0 Å². The topological polar surface area (TPSA) is 93.2 Å². The summed E-state index contributed by atoms with van der Waals surface area (Å²) in [5.74, 6) is -0.794. The smallest absolute Gasteiger partial charge is 0.329 e. The van der Waals surface area contributed by atoms with Crippen LogP contribution in [0.15, 0.2) is 30.0 Å². The number of hydrogen-bond acceptors (Lipinski definition) is 5. The molecule has 27 heavy (non-hydrogen) atoms. The fourth-order valence-electron chi connectivity index (χ4n) is 3.04. The van der Waals surface area contributed by atoms with Crippen molar-refractivity contribution in [1.29, 1.82) is 0 Å². The van der Waals surface area contributed by atoms with Crippen LogP contribution < -0.4 is 5.32 Å². The molecule has 0 radical (unpaired) electrons. The summed E-state index contributed by atoms with van der Waals surface area (Å²) in [7, 11) is 0. The minimum atomic E-state index is -0.604. The number of nitrogens with zero attached hydrogens (tertiary/aromatic N) is 3. The molecule has 0 unspecified atom stereocenters. The van der Waals surface area contributed by atoms with Gasteiger partial charge in [0.2, 0.25) is 5.91 Å². The van der Waals surface area contributed by atoms with E-state index in [1.807, 2.05) is 0 Å². The monoisotopic (exact) mass is 392 g/mol. The zero-order valence-corrected chi connectivity index (χ0v) is 15.5. The van der Waals surface area contributed by atoms with E-state index in [9.17, 15) is 14.4 Å². The molecule has 0 aliphatic carbocycles. The first-order valence-corrected chi connectivity index (χ1v) is 9.07. The van der Waals surface area contributed by atoms with Gasteiger partial charge in [0.05, 0.1) is 6.61 Å². The second-order valence-electron chi connectivity index (χ2n) is 6.38. The van der Waals surface area contributed by atoms with Crippen molar-refractivity contribution >= 4 is 35.5 Å². The van der Waals surface area contributed by atoms with Crippen LogP contribution >= 0.6 is 11.6 Å². The molecule has 1 aromatic carbocycles. The summed E-state index contributed by atoms with van der Waals surface area (Å²) in [4.78, 5) is 41.7. The Labute approximate surface area is 162 Å². The molecule has 2 saturated heterocycles. The normalized spacial score (nSPS) is 19.7. The van der Waals surface area contributed by atoms with Crippen molar-refractivity contribution < 1.29 is 19.5 Å².